The van der Waals surface area contributed by atoms with E-state index in [0.29, 0.717) is 16.6 Å². The van der Waals surface area contributed by atoms with Gasteiger partial charge in [-0.15, -0.1) is 0 Å². The van der Waals surface area contributed by atoms with E-state index >= 15 is 0 Å². The number of sulfone groups is 1. The summed E-state index contributed by atoms with van der Waals surface area (Å²) >= 11 is 1.53. The van der Waals surface area contributed by atoms with Gasteiger partial charge in [0.15, 0.2) is 15.0 Å². The maximum absolute atomic E-state index is 14.4. The van der Waals surface area contributed by atoms with Crippen molar-refractivity contribution in [2.45, 2.75) is 24.8 Å². The van der Waals surface area contributed by atoms with Crippen LogP contribution >= 0.6 is 11.8 Å². The van der Waals surface area contributed by atoms with Gasteiger partial charge in [-0.1, -0.05) is 53.7 Å². The number of halogens is 1. The SMILES string of the molecule is Cc1ccc(CSC2=N[C@H]3CS(=O)(=O)C[C@@H]3N2c2ccccc2F)cc1. The first-order valence-electron chi connectivity index (χ1n) is 8.43. The molecule has 4 nitrogen and oxygen atoms in total. The fourth-order valence-corrected chi connectivity index (χ4v) is 6.31. The van der Waals surface area contributed by atoms with Gasteiger partial charge in [0, 0.05) is 5.75 Å². The summed E-state index contributed by atoms with van der Waals surface area (Å²) in [4.78, 5) is 6.42. The van der Waals surface area contributed by atoms with Crippen molar-refractivity contribution in [3.63, 3.8) is 0 Å². The lowest BCUT2D eigenvalue weighted by Gasteiger charge is -2.26. The number of hydrogen-bond acceptors (Lipinski definition) is 5. The monoisotopic (exact) mass is 390 g/mol. The summed E-state index contributed by atoms with van der Waals surface area (Å²) in [5.74, 6) is 0.401. The van der Waals surface area contributed by atoms with Crippen LogP contribution in [-0.2, 0) is 15.6 Å². The lowest BCUT2D eigenvalue weighted by atomic mass is 10.1. The van der Waals surface area contributed by atoms with Gasteiger partial charge in [-0.2, -0.15) is 0 Å². The third kappa shape index (κ3) is 3.38. The second-order valence-electron chi connectivity index (χ2n) is 6.72. The van der Waals surface area contributed by atoms with E-state index in [1.807, 2.05) is 6.92 Å². The van der Waals surface area contributed by atoms with Crippen molar-refractivity contribution in [1.82, 2.24) is 0 Å². The van der Waals surface area contributed by atoms with Gasteiger partial charge in [-0.25, -0.2) is 12.8 Å². The molecule has 0 amide bonds. The van der Waals surface area contributed by atoms with Crippen LogP contribution in [0.25, 0.3) is 0 Å². The summed E-state index contributed by atoms with van der Waals surface area (Å²) < 4.78 is 38.5. The fraction of sp³-hybridized carbons (Fsp3) is 0.316. The van der Waals surface area contributed by atoms with Crippen molar-refractivity contribution in [2.75, 3.05) is 16.4 Å². The molecule has 0 aromatic heterocycles. The Balaban J connectivity index is 1.63. The third-order valence-corrected chi connectivity index (χ3v) is 7.44. The minimum atomic E-state index is -3.14. The average Bonchev–Trinajstić information content (AvgIpc) is 3.06. The maximum atomic E-state index is 14.4. The van der Waals surface area contributed by atoms with Crippen LogP contribution in [0.1, 0.15) is 11.1 Å². The second kappa shape index (κ2) is 6.70. The molecule has 136 valence electrons. The second-order valence-corrected chi connectivity index (χ2v) is 9.82. The largest absolute Gasteiger partial charge is 0.312 e. The smallest absolute Gasteiger partial charge is 0.164 e. The molecule has 4 rings (SSSR count). The molecule has 26 heavy (non-hydrogen) atoms. The molecule has 0 N–H and O–H groups in total. The molecular weight excluding hydrogens is 371 g/mol. The van der Waals surface area contributed by atoms with Gasteiger partial charge in [0.25, 0.3) is 0 Å². The molecule has 0 aliphatic carbocycles. The number of rotatable bonds is 3. The van der Waals surface area contributed by atoms with E-state index in [1.165, 1.54) is 23.4 Å². The Morgan fingerprint density at radius 2 is 1.88 bits per heavy atom. The van der Waals surface area contributed by atoms with Crippen LogP contribution in [0.2, 0.25) is 0 Å². The van der Waals surface area contributed by atoms with Gasteiger partial charge in [0.2, 0.25) is 0 Å². The molecule has 2 aliphatic rings. The van der Waals surface area contributed by atoms with E-state index in [-0.39, 0.29) is 29.4 Å². The van der Waals surface area contributed by atoms with Crippen LogP contribution in [-0.4, -0.2) is 37.2 Å². The van der Waals surface area contributed by atoms with Crippen molar-refractivity contribution < 1.29 is 12.8 Å². The van der Waals surface area contributed by atoms with E-state index in [4.69, 9.17) is 0 Å². The number of aryl methyl sites for hydroxylation is 1. The lowest BCUT2D eigenvalue weighted by Crippen LogP contribution is -2.39. The van der Waals surface area contributed by atoms with Gasteiger partial charge in [0.05, 0.1) is 29.3 Å². The number of amidine groups is 1. The molecule has 2 heterocycles. The first-order valence-corrected chi connectivity index (χ1v) is 11.2. The van der Waals surface area contributed by atoms with Gasteiger partial charge in [0.1, 0.15) is 5.82 Å². The first-order chi connectivity index (χ1) is 12.4. The number of fused-ring (bicyclic) bond motifs is 1. The lowest BCUT2D eigenvalue weighted by molar-refractivity contribution is 0.600. The quantitative estimate of drug-likeness (QED) is 0.806. The molecule has 2 aromatic rings. The van der Waals surface area contributed by atoms with Crippen LogP contribution in [0.4, 0.5) is 10.1 Å². The summed E-state index contributed by atoms with van der Waals surface area (Å²) in [6.45, 7) is 2.04. The molecule has 7 heteroatoms. The zero-order valence-corrected chi connectivity index (χ0v) is 15.9. The van der Waals surface area contributed by atoms with Crippen LogP contribution < -0.4 is 4.90 Å². The molecule has 0 unspecified atom stereocenters. The normalized spacial score (nSPS) is 23.8. The number of thioether (sulfide) groups is 1. The highest BCUT2D eigenvalue weighted by Gasteiger charge is 2.47. The molecule has 2 aliphatic heterocycles. The third-order valence-electron chi connectivity index (χ3n) is 4.71. The summed E-state index contributed by atoms with van der Waals surface area (Å²) in [5.41, 5.74) is 2.75. The Labute approximate surface area is 157 Å². The number of para-hydroxylation sites is 1. The minimum absolute atomic E-state index is 0.0179. The predicted molar refractivity (Wildman–Crippen MR) is 105 cm³/mol. The predicted octanol–water partition coefficient (Wildman–Crippen LogP) is 3.41. The number of nitrogens with zero attached hydrogens (tertiary/aromatic N) is 2. The van der Waals surface area contributed by atoms with Crippen molar-refractivity contribution in [3.8, 4) is 0 Å². The summed E-state index contributed by atoms with van der Waals surface area (Å²) in [6.07, 6.45) is 0. The Morgan fingerprint density at radius 1 is 1.15 bits per heavy atom. The fourth-order valence-electron chi connectivity index (χ4n) is 3.39. The number of aliphatic imine (C=N–C) groups is 1. The van der Waals surface area contributed by atoms with Crippen molar-refractivity contribution in [1.29, 1.82) is 0 Å². The molecule has 0 bridgehead atoms. The molecule has 2 atom stereocenters. The van der Waals surface area contributed by atoms with Crippen LogP contribution in [0.3, 0.4) is 0 Å². The summed E-state index contributed by atoms with van der Waals surface area (Å²) in [7, 11) is -3.14. The van der Waals surface area contributed by atoms with Crippen LogP contribution in [0.5, 0.6) is 0 Å². The number of anilines is 1. The zero-order chi connectivity index (χ0) is 18.3. The molecule has 0 spiro atoms. The average molecular weight is 391 g/mol. The Morgan fingerprint density at radius 3 is 2.62 bits per heavy atom. The highest BCUT2D eigenvalue weighted by molar-refractivity contribution is 8.13. The number of hydrogen-bond donors (Lipinski definition) is 0. The van der Waals surface area contributed by atoms with Crippen molar-refractivity contribution in [3.05, 3.63) is 65.5 Å². The topological polar surface area (TPSA) is 49.7 Å². The van der Waals surface area contributed by atoms with Gasteiger partial charge in [-0.3, -0.25) is 4.99 Å². The molecule has 1 saturated heterocycles. The molecule has 0 saturated carbocycles. The summed E-state index contributed by atoms with van der Waals surface area (Å²) in [5, 5.41) is 0.695. The van der Waals surface area contributed by atoms with Gasteiger partial charge < -0.3 is 4.90 Å². The molecular formula is C19H19FN2O2S2. The highest BCUT2D eigenvalue weighted by Crippen LogP contribution is 2.36. The van der Waals surface area contributed by atoms with Crippen molar-refractivity contribution in [2.24, 2.45) is 4.99 Å². The van der Waals surface area contributed by atoms with Crippen molar-refractivity contribution >= 4 is 32.5 Å². The highest BCUT2D eigenvalue weighted by atomic mass is 32.2. The number of benzene rings is 2. The van der Waals surface area contributed by atoms with Crippen LogP contribution in [0, 0.1) is 12.7 Å². The van der Waals surface area contributed by atoms with Gasteiger partial charge in [-0.05, 0) is 24.6 Å². The zero-order valence-electron chi connectivity index (χ0n) is 14.3. The van der Waals surface area contributed by atoms with Crippen LogP contribution in [0.15, 0.2) is 53.5 Å². The van der Waals surface area contributed by atoms with E-state index in [9.17, 15) is 12.8 Å². The van der Waals surface area contributed by atoms with E-state index in [2.05, 4.69) is 29.3 Å². The summed E-state index contributed by atoms with van der Waals surface area (Å²) in [6, 6.07) is 14.1. The first kappa shape index (κ1) is 17.5. The van der Waals surface area contributed by atoms with Gasteiger partial charge >= 0.3 is 0 Å². The molecule has 0 radical (unpaired) electrons. The maximum Gasteiger partial charge on any atom is 0.164 e. The van der Waals surface area contributed by atoms with E-state index in [0.717, 1.165) is 5.56 Å². The minimum Gasteiger partial charge on any atom is -0.312 e. The molecule has 2 aromatic carbocycles. The van der Waals surface area contributed by atoms with E-state index in [1.54, 1.807) is 23.1 Å². The molecule has 1 fully saturated rings. The Kier molecular flexibility index (Phi) is 4.52. The van der Waals surface area contributed by atoms with E-state index < -0.39 is 9.84 Å². The standard InChI is InChI=1S/C19H19FN2O2S2/c1-13-6-8-14(9-7-13)10-25-19-21-16-11-26(23,24)12-18(16)22(19)17-5-3-2-4-15(17)20/h2-9,16,18H,10-12H2,1H3/t16-,18-/m0/s1. The Bertz CT molecular complexity index is 958. The Hall–Kier alpha value is -1.86.